The highest BCUT2D eigenvalue weighted by molar-refractivity contribution is 7.90. The van der Waals surface area contributed by atoms with E-state index in [0.29, 0.717) is 5.76 Å². The van der Waals surface area contributed by atoms with Crippen LogP contribution in [0.1, 0.15) is 32.1 Å². The van der Waals surface area contributed by atoms with Crippen molar-refractivity contribution in [1.29, 1.82) is 5.26 Å². The molecular formula is C10H14N2O3S. The van der Waals surface area contributed by atoms with Crippen LogP contribution in [-0.4, -0.2) is 13.7 Å². The molecule has 0 aliphatic heterocycles. The van der Waals surface area contributed by atoms with Gasteiger partial charge in [0.2, 0.25) is 10.0 Å². The van der Waals surface area contributed by atoms with Gasteiger partial charge in [0.15, 0.2) is 5.25 Å². The van der Waals surface area contributed by atoms with Gasteiger partial charge in [-0.3, -0.25) is 0 Å². The summed E-state index contributed by atoms with van der Waals surface area (Å²) in [6.07, 6.45) is 1.73. The molecule has 5 nitrogen and oxygen atoms in total. The molecule has 2 atom stereocenters. The predicted molar refractivity (Wildman–Crippen MR) is 58.9 cm³/mol. The first-order valence-corrected chi connectivity index (χ1v) is 6.50. The van der Waals surface area contributed by atoms with E-state index in [4.69, 9.17) is 9.68 Å². The number of hydrogen-bond donors (Lipinski definition) is 1. The summed E-state index contributed by atoms with van der Waals surface area (Å²) in [5.41, 5.74) is 0. The highest BCUT2D eigenvalue weighted by Gasteiger charge is 2.26. The monoisotopic (exact) mass is 242 g/mol. The van der Waals surface area contributed by atoms with Crippen LogP contribution in [-0.2, 0) is 10.0 Å². The van der Waals surface area contributed by atoms with Gasteiger partial charge in [0, 0.05) is 0 Å². The zero-order chi connectivity index (χ0) is 12.2. The van der Waals surface area contributed by atoms with Gasteiger partial charge in [-0.05, 0) is 25.5 Å². The Balaban J connectivity index is 2.78. The van der Waals surface area contributed by atoms with Gasteiger partial charge in [0.25, 0.3) is 0 Å². The number of nitriles is 1. The first-order valence-electron chi connectivity index (χ1n) is 4.95. The second kappa shape index (κ2) is 5.14. The summed E-state index contributed by atoms with van der Waals surface area (Å²) in [4.78, 5) is 0. The molecule has 0 spiro atoms. The molecule has 88 valence electrons. The van der Waals surface area contributed by atoms with Crippen molar-refractivity contribution in [2.24, 2.45) is 0 Å². The molecule has 1 N–H and O–H groups in total. The molecule has 0 fully saturated rings. The summed E-state index contributed by atoms with van der Waals surface area (Å²) in [5, 5.41) is 7.69. The summed E-state index contributed by atoms with van der Waals surface area (Å²) >= 11 is 0. The molecule has 1 aromatic heterocycles. The molecule has 0 saturated carbocycles. The van der Waals surface area contributed by atoms with Gasteiger partial charge in [0.05, 0.1) is 18.4 Å². The fraction of sp³-hybridized carbons (Fsp3) is 0.500. The number of nitrogens with zero attached hydrogens (tertiary/aromatic N) is 1. The fourth-order valence-corrected chi connectivity index (χ4v) is 2.66. The Morgan fingerprint density at radius 2 is 2.31 bits per heavy atom. The highest BCUT2D eigenvalue weighted by atomic mass is 32.2. The Labute approximate surface area is 95.1 Å². The lowest BCUT2D eigenvalue weighted by atomic mass is 10.3. The van der Waals surface area contributed by atoms with Crippen LogP contribution >= 0.6 is 0 Å². The molecule has 16 heavy (non-hydrogen) atoms. The topological polar surface area (TPSA) is 83.1 Å². The van der Waals surface area contributed by atoms with Crippen LogP contribution in [0.3, 0.4) is 0 Å². The lowest BCUT2D eigenvalue weighted by molar-refractivity contribution is 0.458. The second-order valence-electron chi connectivity index (χ2n) is 3.43. The van der Waals surface area contributed by atoms with Gasteiger partial charge < -0.3 is 4.42 Å². The van der Waals surface area contributed by atoms with E-state index in [1.165, 1.54) is 6.26 Å². The molecule has 2 unspecified atom stereocenters. The Morgan fingerprint density at radius 1 is 1.62 bits per heavy atom. The van der Waals surface area contributed by atoms with E-state index < -0.39 is 21.3 Å². The van der Waals surface area contributed by atoms with Crippen molar-refractivity contribution in [1.82, 2.24) is 4.72 Å². The number of furan rings is 1. The van der Waals surface area contributed by atoms with E-state index in [-0.39, 0.29) is 6.42 Å². The lowest BCUT2D eigenvalue weighted by Crippen LogP contribution is -2.34. The molecule has 1 heterocycles. The van der Waals surface area contributed by atoms with Gasteiger partial charge in [-0.15, -0.1) is 0 Å². The van der Waals surface area contributed by atoms with Crippen LogP contribution in [0.4, 0.5) is 0 Å². The van der Waals surface area contributed by atoms with Gasteiger partial charge in [-0.2, -0.15) is 5.26 Å². The maximum Gasteiger partial charge on any atom is 0.228 e. The molecule has 0 saturated heterocycles. The number of rotatable bonds is 5. The Morgan fingerprint density at radius 3 is 2.75 bits per heavy atom. The molecule has 0 radical (unpaired) electrons. The third kappa shape index (κ3) is 2.84. The molecule has 6 heteroatoms. The van der Waals surface area contributed by atoms with Crippen molar-refractivity contribution in [2.75, 3.05) is 0 Å². The quantitative estimate of drug-likeness (QED) is 0.849. The largest absolute Gasteiger partial charge is 0.468 e. The van der Waals surface area contributed by atoms with Crippen molar-refractivity contribution in [3.05, 3.63) is 24.2 Å². The summed E-state index contributed by atoms with van der Waals surface area (Å²) in [7, 11) is -3.62. The first kappa shape index (κ1) is 12.7. The van der Waals surface area contributed by atoms with Crippen LogP contribution in [0.5, 0.6) is 0 Å². The van der Waals surface area contributed by atoms with Gasteiger partial charge in [0.1, 0.15) is 5.76 Å². The minimum Gasteiger partial charge on any atom is -0.468 e. The van der Waals surface area contributed by atoms with E-state index in [0.717, 1.165) is 0 Å². The summed E-state index contributed by atoms with van der Waals surface area (Å²) in [6, 6.07) is 4.65. The third-order valence-electron chi connectivity index (χ3n) is 2.20. The maximum absolute atomic E-state index is 11.7. The average molecular weight is 242 g/mol. The normalized spacial score (nSPS) is 15.3. The van der Waals surface area contributed by atoms with E-state index >= 15 is 0 Å². The number of hydrogen-bond acceptors (Lipinski definition) is 4. The first-order chi connectivity index (χ1) is 7.51. The Kier molecular flexibility index (Phi) is 4.10. The lowest BCUT2D eigenvalue weighted by Gasteiger charge is -2.14. The second-order valence-corrected chi connectivity index (χ2v) is 5.32. The number of sulfonamides is 1. The van der Waals surface area contributed by atoms with Gasteiger partial charge in [-0.1, -0.05) is 6.92 Å². The zero-order valence-corrected chi connectivity index (χ0v) is 9.99. The molecule has 1 rings (SSSR count). The van der Waals surface area contributed by atoms with Crippen molar-refractivity contribution in [3.63, 3.8) is 0 Å². The summed E-state index contributed by atoms with van der Waals surface area (Å²) in [5.74, 6) is 0.524. The number of nitrogens with one attached hydrogen (secondary N) is 1. The van der Waals surface area contributed by atoms with E-state index in [9.17, 15) is 8.42 Å². The van der Waals surface area contributed by atoms with Crippen LogP contribution in [0, 0.1) is 11.3 Å². The van der Waals surface area contributed by atoms with Gasteiger partial charge >= 0.3 is 0 Å². The van der Waals surface area contributed by atoms with Crippen LogP contribution < -0.4 is 4.72 Å². The Bertz CT molecular complexity index is 459. The molecule has 0 aliphatic carbocycles. The van der Waals surface area contributed by atoms with E-state index in [1.54, 1.807) is 32.0 Å². The average Bonchev–Trinajstić information content (AvgIpc) is 2.70. The molecule has 0 amide bonds. The molecular weight excluding hydrogens is 228 g/mol. The van der Waals surface area contributed by atoms with Crippen molar-refractivity contribution < 1.29 is 12.8 Å². The molecule has 1 aromatic rings. The summed E-state index contributed by atoms with van der Waals surface area (Å²) < 4.78 is 30.9. The Hall–Kier alpha value is -1.32. The third-order valence-corrected chi connectivity index (χ3v) is 4.07. The van der Waals surface area contributed by atoms with Crippen molar-refractivity contribution in [2.45, 2.75) is 31.6 Å². The van der Waals surface area contributed by atoms with Crippen LogP contribution in [0.25, 0.3) is 0 Å². The minimum absolute atomic E-state index is 0.261. The SMILES string of the molecule is CCC(C#N)S(=O)(=O)NC(C)c1ccco1. The standard InChI is InChI=1S/C10H14N2O3S/c1-3-9(7-11)16(13,14)12-8(2)10-5-4-6-15-10/h4-6,8-9,12H,3H2,1-2H3. The van der Waals surface area contributed by atoms with Gasteiger partial charge in [-0.25, -0.2) is 13.1 Å². The smallest absolute Gasteiger partial charge is 0.228 e. The van der Waals surface area contributed by atoms with Crippen LogP contribution in [0.2, 0.25) is 0 Å². The molecule has 0 aliphatic rings. The minimum atomic E-state index is -3.62. The van der Waals surface area contributed by atoms with Crippen molar-refractivity contribution >= 4 is 10.0 Å². The molecule has 0 aromatic carbocycles. The van der Waals surface area contributed by atoms with Crippen molar-refractivity contribution in [3.8, 4) is 6.07 Å². The zero-order valence-electron chi connectivity index (χ0n) is 9.17. The maximum atomic E-state index is 11.7. The van der Waals surface area contributed by atoms with E-state index in [2.05, 4.69) is 4.72 Å². The predicted octanol–water partition coefficient (Wildman–Crippen LogP) is 1.56. The fourth-order valence-electron chi connectivity index (χ4n) is 1.30. The van der Waals surface area contributed by atoms with Crippen LogP contribution in [0.15, 0.2) is 22.8 Å². The highest BCUT2D eigenvalue weighted by Crippen LogP contribution is 2.15. The molecule has 0 bridgehead atoms. The summed E-state index contributed by atoms with van der Waals surface area (Å²) in [6.45, 7) is 3.32. The van der Waals surface area contributed by atoms with E-state index in [1.807, 2.05) is 0 Å².